The third kappa shape index (κ3) is 10.3. The topological polar surface area (TPSA) is 159 Å². The van der Waals surface area contributed by atoms with E-state index in [0.717, 1.165) is 18.5 Å². The summed E-state index contributed by atoms with van der Waals surface area (Å²) in [6.07, 6.45) is -3.78. The van der Waals surface area contributed by atoms with Crippen molar-refractivity contribution in [2.75, 3.05) is 33.4 Å². The molecule has 36 heavy (non-hydrogen) atoms. The number of benzene rings is 2. The zero-order chi connectivity index (χ0) is 26.5. The van der Waals surface area contributed by atoms with E-state index in [1.54, 1.807) is 36.2 Å². The molecule has 0 aromatic heterocycles. The van der Waals surface area contributed by atoms with Gasteiger partial charge < -0.3 is 40.3 Å². The summed E-state index contributed by atoms with van der Waals surface area (Å²) in [5.74, 6) is 0.549. The van der Waals surface area contributed by atoms with Crippen LogP contribution in [0.4, 0.5) is 11.4 Å². The first kappa shape index (κ1) is 29.8. The third-order valence-electron chi connectivity index (χ3n) is 5.66. The molecular weight excluding hydrogens is 466 g/mol. The van der Waals surface area contributed by atoms with E-state index in [1.807, 2.05) is 12.1 Å². The van der Waals surface area contributed by atoms with Gasteiger partial charge in [0.2, 0.25) is 0 Å². The van der Waals surface area contributed by atoms with E-state index >= 15 is 0 Å². The van der Waals surface area contributed by atoms with Crippen molar-refractivity contribution >= 4 is 11.4 Å². The molecule has 0 amide bonds. The van der Waals surface area contributed by atoms with Gasteiger partial charge in [0.25, 0.3) is 0 Å². The number of ether oxygens (including phenoxy) is 1. The predicted octanol–water partition coefficient (Wildman–Crippen LogP) is 1.55. The minimum Gasteiger partial charge on any atom is -0.491 e. The predicted molar refractivity (Wildman–Crippen MR) is 136 cm³/mol. The van der Waals surface area contributed by atoms with Crippen molar-refractivity contribution in [3.05, 3.63) is 54.1 Å². The van der Waals surface area contributed by atoms with E-state index in [9.17, 15) is 25.5 Å². The van der Waals surface area contributed by atoms with Crippen LogP contribution >= 0.6 is 0 Å². The van der Waals surface area contributed by atoms with Crippen molar-refractivity contribution < 1.29 is 35.4 Å². The van der Waals surface area contributed by atoms with Gasteiger partial charge >= 0.3 is 0 Å². The van der Waals surface area contributed by atoms with E-state index in [1.165, 1.54) is 12.0 Å². The monoisotopic (exact) mass is 505 g/mol. The maximum atomic E-state index is 10.2. The van der Waals surface area contributed by atoms with E-state index < -0.39 is 37.1 Å². The van der Waals surface area contributed by atoms with Crippen LogP contribution in [0.25, 0.3) is 0 Å². The molecule has 0 aliphatic rings. The molecule has 0 aliphatic heterocycles. The average Bonchev–Trinajstić information content (AvgIpc) is 2.89. The molecule has 5 atom stereocenters. The van der Waals surface area contributed by atoms with Crippen LogP contribution in [0.5, 0.6) is 5.75 Å². The Morgan fingerprint density at radius 1 is 0.806 bits per heavy atom. The van der Waals surface area contributed by atoms with Gasteiger partial charge in [-0.25, -0.2) is 0 Å². The lowest BCUT2D eigenvalue weighted by molar-refractivity contribution is -0.119. The molecule has 6 N–H and O–H groups in total. The SMILES string of the molecule is CCCCc1ccc(N=Nc2ccc(OCC(O)CN(C)CC(O)C(O)C(O)C(O)CO)cc2)cc1. The molecule has 0 saturated carbocycles. The number of hydrogen-bond acceptors (Lipinski definition) is 10. The van der Waals surface area contributed by atoms with Crippen LogP contribution in [0.1, 0.15) is 25.3 Å². The van der Waals surface area contributed by atoms with Crippen LogP contribution < -0.4 is 4.74 Å². The number of aliphatic hydroxyl groups is 6. The number of rotatable bonds is 16. The first-order chi connectivity index (χ1) is 17.2. The summed E-state index contributed by atoms with van der Waals surface area (Å²) in [4.78, 5) is 1.56. The highest BCUT2D eigenvalue weighted by Gasteiger charge is 2.30. The van der Waals surface area contributed by atoms with Crippen molar-refractivity contribution in [2.24, 2.45) is 10.2 Å². The van der Waals surface area contributed by atoms with E-state index in [-0.39, 0.29) is 19.7 Å². The van der Waals surface area contributed by atoms with Crippen molar-refractivity contribution in [1.82, 2.24) is 4.90 Å². The number of hydrogen-bond donors (Lipinski definition) is 6. The normalized spacial score (nSPS) is 16.1. The number of aryl methyl sites for hydroxylation is 1. The first-order valence-electron chi connectivity index (χ1n) is 12.2. The Hall–Kier alpha value is -2.44. The molecule has 0 saturated heterocycles. The molecule has 2 aromatic rings. The molecule has 0 fully saturated rings. The van der Waals surface area contributed by atoms with Crippen molar-refractivity contribution in [3.8, 4) is 5.75 Å². The summed E-state index contributed by atoms with van der Waals surface area (Å²) >= 11 is 0. The quantitative estimate of drug-likeness (QED) is 0.188. The fourth-order valence-electron chi connectivity index (χ4n) is 3.50. The molecule has 2 rings (SSSR count). The average molecular weight is 506 g/mol. The standard InChI is InChI=1S/C26H39N3O7/c1-3-4-5-18-6-8-19(9-7-18)27-28-20-10-12-22(13-11-20)36-17-21(31)14-29(2)15-23(32)25(34)26(35)24(33)16-30/h6-13,21,23-26,30-35H,3-5,14-17H2,1-2H3. The summed E-state index contributed by atoms with van der Waals surface area (Å²) in [5, 5.41) is 66.6. The Labute approximate surface area is 212 Å². The Morgan fingerprint density at radius 3 is 1.92 bits per heavy atom. The van der Waals surface area contributed by atoms with Crippen LogP contribution in [0.15, 0.2) is 58.8 Å². The van der Waals surface area contributed by atoms with Gasteiger partial charge in [-0.3, -0.25) is 0 Å². The van der Waals surface area contributed by atoms with Gasteiger partial charge in [0.05, 0.1) is 24.1 Å². The zero-order valence-corrected chi connectivity index (χ0v) is 20.9. The largest absolute Gasteiger partial charge is 0.491 e. The van der Waals surface area contributed by atoms with Crippen LogP contribution in [0.3, 0.4) is 0 Å². The van der Waals surface area contributed by atoms with Gasteiger partial charge in [-0.1, -0.05) is 25.5 Å². The Kier molecular flexibility index (Phi) is 12.9. The second kappa shape index (κ2) is 15.6. The molecule has 0 heterocycles. The summed E-state index contributed by atoms with van der Waals surface area (Å²) < 4.78 is 5.61. The molecule has 200 valence electrons. The molecule has 10 nitrogen and oxygen atoms in total. The zero-order valence-electron chi connectivity index (χ0n) is 20.9. The molecule has 5 unspecified atom stereocenters. The fourth-order valence-corrected chi connectivity index (χ4v) is 3.50. The van der Waals surface area contributed by atoms with Gasteiger partial charge in [-0.2, -0.15) is 10.2 Å². The molecule has 2 aromatic carbocycles. The lowest BCUT2D eigenvalue weighted by atomic mass is 10.0. The number of azo groups is 1. The van der Waals surface area contributed by atoms with Gasteiger partial charge in [0.15, 0.2) is 0 Å². The smallest absolute Gasteiger partial charge is 0.119 e. The maximum absolute atomic E-state index is 10.2. The van der Waals surface area contributed by atoms with Crippen LogP contribution in [-0.4, -0.2) is 99.4 Å². The number of likely N-dealkylation sites (N-methyl/N-ethyl adjacent to an activating group) is 1. The summed E-state index contributed by atoms with van der Waals surface area (Å²) in [7, 11) is 1.62. The number of unbranched alkanes of at least 4 members (excludes halogenated alkanes) is 1. The molecule has 0 radical (unpaired) electrons. The van der Waals surface area contributed by atoms with Gasteiger partial charge in [-0.05, 0) is 61.9 Å². The van der Waals surface area contributed by atoms with Gasteiger partial charge in [0, 0.05) is 13.1 Å². The number of aliphatic hydroxyl groups excluding tert-OH is 6. The minimum absolute atomic E-state index is 0.0000841. The second-order valence-electron chi connectivity index (χ2n) is 8.95. The van der Waals surface area contributed by atoms with E-state index in [4.69, 9.17) is 9.84 Å². The summed E-state index contributed by atoms with van der Waals surface area (Å²) in [6, 6.07) is 15.0. The highest BCUT2D eigenvalue weighted by molar-refractivity contribution is 5.43. The highest BCUT2D eigenvalue weighted by atomic mass is 16.5. The second-order valence-corrected chi connectivity index (χ2v) is 8.95. The van der Waals surface area contributed by atoms with Gasteiger partial charge in [-0.15, -0.1) is 0 Å². The van der Waals surface area contributed by atoms with Gasteiger partial charge in [0.1, 0.15) is 36.8 Å². The van der Waals surface area contributed by atoms with E-state index in [0.29, 0.717) is 11.4 Å². The Balaban J connectivity index is 1.76. The molecule has 10 heteroatoms. The molecule has 0 bridgehead atoms. The minimum atomic E-state index is -1.69. The van der Waals surface area contributed by atoms with Crippen molar-refractivity contribution in [1.29, 1.82) is 0 Å². The first-order valence-corrected chi connectivity index (χ1v) is 12.2. The molecule has 0 spiro atoms. The van der Waals surface area contributed by atoms with Crippen molar-refractivity contribution in [2.45, 2.75) is 56.7 Å². The van der Waals surface area contributed by atoms with Crippen LogP contribution in [0, 0.1) is 0 Å². The van der Waals surface area contributed by atoms with Crippen LogP contribution in [0.2, 0.25) is 0 Å². The van der Waals surface area contributed by atoms with Crippen molar-refractivity contribution in [3.63, 3.8) is 0 Å². The number of nitrogens with zero attached hydrogens (tertiary/aromatic N) is 3. The Bertz CT molecular complexity index is 895. The lowest BCUT2D eigenvalue weighted by Crippen LogP contribution is -2.50. The summed E-state index contributed by atoms with van der Waals surface area (Å²) in [5.41, 5.74) is 2.73. The Morgan fingerprint density at radius 2 is 1.36 bits per heavy atom. The third-order valence-corrected chi connectivity index (χ3v) is 5.66. The van der Waals surface area contributed by atoms with E-state index in [2.05, 4.69) is 29.3 Å². The fraction of sp³-hybridized carbons (Fsp3) is 0.538. The lowest BCUT2D eigenvalue weighted by Gasteiger charge is -2.29. The highest BCUT2D eigenvalue weighted by Crippen LogP contribution is 2.22. The molecular formula is C26H39N3O7. The maximum Gasteiger partial charge on any atom is 0.119 e. The molecule has 0 aliphatic carbocycles. The summed E-state index contributed by atoms with van der Waals surface area (Å²) in [6.45, 7) is 1.49. The van der Waals surface area contributed by atoms with Crippen LogP contribution in [-0.2, 0) is 6.42 Å².